The molecule has 2 aromatic rings. The van der Waals surface area contributed by atoms with Gasteiger partial charge in [-0.2, -0.15) is 0 Å². The Morgan fingerprint density at radius 1 is 0.792 bits per heavy atom. The predicted octanol–water partition coefficient (Wildman–Crippen LogP) is 2.73. The number of benzene rings is 2. The molecule has 0 heterocycles. The molecule has 0 aliphatic carbocycles. The SMILES string of the molecule is Cc1cc(C)c([Se]/C=C(/CO)[Se]c2c(C)cc(C)cc2C)c(C)c1. The van der Waals surface area contributed by atoms with Crippen LogP contribution in [0, 0.1) is 41.5 Å². The average Bonchev–Trinajstić information content (AvgIpc) is 2.47. The van der Waals surface area contributed by atoms with E-state index in [1.165, 1.54) is 46.8 Å². The molecule has 0 amide bonds. The van der Waals surface area contributed by atoms with E-state index in [9.17, 15) is 5.11 Å². The first-order valence-corrected chi connectivity index (χ1v) is 11.7. The topological polar surface area (TPSA) is 20.2 Å². The van der Waals surface area contributed by atoms with Gasteiger partial charge in [-0.25, -0.2) is 0 Å². The van der Waals surface area contributed by atoms with Crippen molar-refractivity contribution in [2.75, 3.05) is 6.61 Å². The van der Waals surface area contributed by atoms with Crippen molar-refractivity contribution in [2.24, 2.45) is 0 Å². The van der Waals surface area contributed by atoms with E-state index in [2.05, 4.69) is 70.8 Å². The van der Waals surface area contributed by atoms with Crippen molar-refractivity contribution in [1.29, 1.82) is 0 Å². The van der Waals surface area contributed by atoms with Gasteiger partial charge in [0.05, 0.1) is 0 Å². The van der Waals surface area contributed by atoms with Crippen LogP contribution < -0.4 is 8.92 Å². The van der Waals surface area contributed by atoms with Crippen LogP contribution in [0.5, 0.6) is 0 Å². The van der Waals surface area contributed by atoms with Gasteiger partial charge in [-0.1, -0.05) is 0 Å². The van der Waals surface area contributed by atoms with E-state index < -0.39 is 0 Å². The van der Waals surface area contributed by atoms with Crippen LogP contribution in [0.25, 0.3) is 0 Å². The fourth-order valence-corrected chi connectivity index (χ4v) is 7.49. The van der Waals surface area contributed by atoms with Crippen molar-refractivity contribution in [3.05, 3.63) is 67.1 Å². The molecule has 1 N–H and O–H groups in total. The molecule has 0 saturated heterocycles. The van der Waals surface area contributed by atoms with Crippen molar-refractivity contribution >= 4 is 38.8 Å². The molecule has 24 heavy (non-hydrogen) atoms. The number of aryl methyl sites for hydroxylation is 6. The van der Waals surface area contributed by atoms with Crippen molar-refractivity contribution in [3.8, 4) is 0 Å². The molecule has 2 aromatic carbocycles. The summed E-state index contributed by atoms with van der Waals surface area (Å²) < 4.78 is 4.06. The summed E-state index contributed by atoms with van der Waals surface area (Å²) in [6, 6.07) is 9.02. The fourth-order valence-electron chi connectivity index (χ4n) is 3.03. The molecule has 3 heteroatoms. The van der Waals surface area contributed by atoms with Crippen LogP contribution >= 0.6 is 0 Å². The zero-order valence-corrected chi connectivity index (χ0v) is 18.8. The van der Waals surface area contributed by atoms with Crippen LogP contribution in [0.1, 0.15) is 33.4 Å². The van der Waals surface area contributed by atoms with Gasteiger partial charge in [0.15, 0.2) is 0 Å². The van der Waals surface area contributed by atoms with E-state index in [4.69, 9.17) is 0 Å². The number of rotatable bonds is 5. The predicted molar refractivity (Wildman–Crippen MR) is 107 cm³/mol. The third-order valence-electron chi connectivity index (χ3n) is 3.91. The van der Waals surface area contributed by atoms with Gasteiger partial charge >= 0.3 is 159 Å². The van der Waals surface area contributed by atoms with Crippen LogP contribution in [-0.4, -0.2) is 41.6 Å². The first-order valence-electron chi connectivity index (χ1n) is 8.12. The summed E-state index contributed by atoms with van der Waals surface area (Å²) in [5, 5.41) is 9.84. The molecule has 0 unspecified atom stereocenters. The Balaban J connectivity index is 2.25. The number of hydrogen-bond donors (Lipinski definition) is 1. The Morgan fingerprint density at radius 2 is 1.21 bits per heavy atom. The van der Waals surface area contributed by atoms with Gasteiger partial charge in [0.1, 0.15) is 0 Å². The average molecular weight is 452 g/mol. The Hall–Kier alpha value is -0.821. The van der Waals surface area contributed by atoms with E-state index in [-0.39, 0.29) is 36.5 Å². The van der Waals surface area contributed by atoms with Crippen LogP contribution in [0.3, 0.4) is 0 Å². The van der Waals surface area contributed by atoms with Crippen LogP contribution in [-0.2, 0) is 0 Å². The van der Waals surface area contributed by atoms with Gasteiger partial charge in [-0.3, -0.25) is 0 Å². The first-order chi connectivity index (χ1) is 11.3. The number of aliphatic hydroxyl groups is 1. The van der Waals surface area contributed by atoms with E-state index in [0.29, 0.717) is 0 Å². The normalized spacial score (nSPS) is 11.9. The fraction of sp³-hybridized carbons (Fsp3) is 0.333. The summed E-state index contributed by atoms with van der Waals surface area (Å²) in [4.78, 5) is 2.30. The second-order valence-corrected chi connectivity index (χ2v) is 10.6. The van der Waals surface area contributed by atoms with E-state index in [1.807, 2.05) is 0 Å². The molecular formula is C21H26OSe2. The van der Waals surface area contributed by atoms with Gasteiger partial charge in [0, 0.05) is 0 Å². The van der Waals surface area contributed by atoms with Gasteiger partial charge in [-0.15, -0.1) is 0 Å². The second kappa shape index (κ2) is 8.52. The molecule has 0 radical (unpaired) electrons. The molecular weight excluding hydrogens is 426 g/mol. The first kappa shape index (κ1) is 19.5. The van der Waals surface area contributed by atoms with Crippen molar-refractivity contribution < 1.29 is 5.11 Å². The molecule has 128 valence electrons. The summed E-state index contributed by atoms with van der Waals surface area (Å²) in [5.41, 5.74) is 8.08. The standard InChI is InChI=1S/C21H26OSe2/c1-13-7-15(3)20(16(4)8-13)23-12-19(11-22)24-21-17(5)9-14(2)10-18(21)6/h7-10,12,22H,11H2,1-6H3/b19-12-. The molecule has 0 spiro atoms. The van der Waals surface area contributed by atoms with Gasteiger partial charge in [0.25, 0.3) is 0 Å². The monoisotopic (exact) mass is 454 g/mol. The maximum absolute atomic E-state index is 9.84. The zero-order chi connectivity index (χ0) is 17.9. The molecule has 0 saturated carbocycles. The van der Waals surface area contributed by atoms with Gasteiger partial charge < -0.3 is 0 Å². The van der Waals surface area contributed by atoms with Crippen molar-refractivity contribution in [1.82, 2.24) is 0 Å². The van der Waals surface area contributed by atoms with Gasteiger partial charge in [-0.05, 0) is 0 Å². The maximum atomic E-state index is 9.84. The summed E-state index contributed by atoms with van der Waals surface area (Å²) in [7, 11) is 0. The van der Waals surface area contributed by atoms with Gasteiger partial charge in [0.2, 0.25) is 0 Å². The minimum absolute atomic E-state index is 0.165. The molecule has 0 aliphatic heterocycles. The number of aliphatic hydroxyl groups excluding tert-OH is 1. The van der Waals surface area contributed by atoms with Crippen molar-refractivity contribution in [3.63, 3.8) is 0 Å². The van der Waals surface area contributed by atoms with E-state index in [1.54, 1.807) is 0 Å². The molecule has 0 bridgehead atoms. The summed E-state index contributed by atoms with van der Waals surface area (Å²) >= 11 is 0.471. The summed E-state index contributed by atoms with van der Waals surface area (Å²) in [5.74, 6) is 0. The third-order valence-corrected chi connectivity index (χ3v) is 10.2. The Morgan fingerprint density at radius 3 is 1.62 bits per heavy atom. The Labute approximate surface area is 158 Å². The molecule has 2 rings (SSSR count). The molecule has 0 fully saturated rings. The summed E-state index contributed by atoms with van der Waals surface area (Å²) in [6.07, 6.45) is 0. The van der Waals surface area contributed by atoms with E-state index >= 15 is 0 Å². The molecule has 0 aromatic heterocycles. The van der Waals surface area contributed by atoms with Crippen LogP contribution in [0.15, 0.2) is 33.7 Å². The summed E-state index contributed by atoms with van der Waals surface area (Å²) in [6.45, 7) is 13.2. The Kier molecular flexibility index (Phi) is 6.92. The quantitative estimate of drug-likeness (QED) is 0.692. The van der Waals surface area contributed by atoms with E-state index in [0.717, 1.165) is 0 Å². The van der Waals surface area contributed by atoms with Crippen LogP contribution in [0.2, 0.25) is 0 Å². The molecule has 0 atom stereocenters. The zero-order valence-electron chi connectivity index (χ0n) is 15.4. The second-order valence-electron chi connectivity index (χ2n) is 6.42. The van der Waals surface area contributed by atoms with Crippen molar-refractivity contribution in [2.45, 2.75) is 41.5 Å². The molecule has 0 aliphatic rings. The Bertz CT molecular complexity index is 729. The minimum atomic E-state index is 0.165. The third kappa shape index (κ3) is 4.85. The van der Waals surface area contributed by atoms with Crippen LogP contribution in [0.4, 0.5) is 0 Å². The molecule has 1 nitrogen and oxygen atoms in total. The number of hydrogen-bond acceptors (Lipinski definition) is 1.